The molecule has 0 fully saturated rings. The molecule has 150 valence electrons. The molecule has 1 aromatic carbocycles. The molecular formula is C14H17ClF2N4O4S2. The molecule has 27 heavy (non-hydrogen) atoms. The number of anilines is 1. The van der Waals surface area contributed by atoms with Gasteiger partial charge in [0.05, 0.1) is 12.0 Å². The number of hydrogen-bond acceptors (Lipinski definition) is 5. The summed E-state index contributed by atoms with van der Waals surface area (Å²) in [7, 11) is -7.39. The van der Waals surface area contributed by atoms with E-state index in [4.69, 9.17) is 11.6 Å². The molecule has 0 saturated heterocycles. The Morgan fingerprint density at radius 2 is 1.67 bits per heavy atom. The van der Waals surface area contributed by atoms with Crippen molar-refractivity contribution in [3.05, 3.63) is 35.2 Å². The van der Waals surface area contributed by atoms with Gasteiger partial charge in [0, 0.05) is 18.7 Å². The molecule has 13 heteroatoms. The molecule has 0 amide bonds. The van der Waals surface area contributed by atoms with Gasteiger partial charge in [0.25, 0.3) is 10.0 Å². The Morgan fingerprint density at radius 1 is 1.07 bits per heavy atom. The van der Waals surface area contributed by atoms with Crippen molar-refractivity contribution >= 4 is 37.3 Å². The van der Waals surface area contributed by atoms with E-state index in [1.807, 2.05) is 4.72 Å². The van der Waals surface area contributed by atoms with Crippen LogP contribution < -0.4 is 9.44 Å². The minimum absolute atomic E-state index is 0.243. The summed E-state index contributed by atoms with van der Waals surface area (Å²) in [4.78, 5) is 2.69. The molecule has 2 aromatic rings. The van der Waals surface area contributed by atoms with E-state index >= 15 is 0 Å². The number of nitrogens with zero attached hydrogens (tertiary/aromatic N) is 2. The maximum absolute atomic E-state index is 14.1. The first-order chi connectivity index (χ1) is 12.1. The second-order valence-electron chi connectivity index (χ2n) is 6.67. The number of hydrogen-bond donors (Lipinski definition) is 2. The zero-order valence-corrected chi connectivity index (χ0v) is 17.1. The van der Waals surface area contributed by atoms with E-state index in [1.54, 1.807) is 0 Å². The second kappa shape index (κ2) is 7.00. The second-order valence-corrected chi connectivity index (χ2v) is 10.3. The molecule has 2 N–H and O–H groups in total. The van der Waals surface area contributed by atoms with Gasteiger partial charge in [-0.05, 0) is 26.8 Å². The zero-order chi connectivity index (χ0) is 20.8. The minimum atomic E-state index is -4.45. The summed E-state index contributed by atoms with van der Waals surface area (Å²) >= 11 is 5.82. The summed E-state index contributed by atoms with van der Waals surface area (Å²) in [5.41, 5.74) is -1.71. The molecule has 1 heterocycles. The average Bonchev–Trinajstić information content (AvgIpc) is 2.79. The summed E-state index contributed by atoms with van der Waals surface area (Å²) < 4.78 is 82.8. The Kier molecular flexibility index (Phi) is 5.59. The van der Waals surface area contributed by atoms with E-state index in [0.29, 0.717) is 6.07 Å². The van der Waals surface area contributed by atoms with Crippen LogP contribution in [-0.4, -0.2) is 31.9 Å². The highest BCUT2D eigenvalue weighted by molar-refractivity contribution is 7.92. The first kappa shape index (κ1) is 21.5. The Bertz CT molecular complexity index is 1090. The van der Waals surface area contributed by atoms with E-state index in [0.717, 1.165) is 6.33 Å². The Hall–Kier alpha value is -1.76. The molecule has 0 spiro atoms. The van der Waals surface area contributed by atoms with Crippen LogP contribution in [0.15, 0.2) is 28.4 Å². The van der Waals surface area contributed by atoms with Crippen LogP contribution in [0.25, 0.3) is 0 Å². The van der Waals surface area contributed by atoms with Crippen LogP contribution in [0.5, 0.6) is 0 Å². The molecular weight excluding hydrogens is 426 g/mol. The molecule has 0 bridgehead atoms. The molecule has 0 saturated carbocycles. The number of sulfonamides is 2. The number of rotatable bonds is 5. The first-order valence-corrected chi connectivity index (χ1v) is 10.7. The number of imidazole rings is 1. The number of benzene rings is 1. The summed E-state index contributed by atoms with van der Waals surface area (Å²) in [5.74, 6) is -2.68. The van der Waals surface area contributed by atoms with E-state index in [2.05, 4.69) is 9.71 Å². The highest BCUT2D eigenvalue weighted by atomic mass is 35.5. The van der Waals surface area contributed by atoms with Crippen molar-refractivity contribution in [2.45, 2.75) is 36.2 Å². The van der Waals surface area contributed by atoms with Crippen LogP contribution in [-0.2, 0) is 27.1 Å². The molecule has 0 atom stereocenters. The van der Waals surface area contributed by atoms with Crippen molar-refractivity contribution < 1.29 is 25.6 Å². The SMILES string of the molecule is Cn1cnc(S(=O)(=O)Nc2cc(S(=O)(=O)NC(C)(C)C)c(F)cc2F)c1Cl. The van der Waals surface area contributed by atoms with Gasteiger partial charge in [0.15, 0.2) is 0 Å². The number of nitrogens with one attached hydrogen (secondary N) is 2. The van der Waals surface area contributed by atoms with Crippen molar-refractivity contribution in [2.75, 3.05) is 4.72 Å². The molecule has 0 aliphatic rings. The van der Waals surface area contributed by atoms with Crippen LogP contribution >= 0.6 is 11.6 Å². The van der Waals surface area contributed by atoms with Crippen LogP contribution in [0, 0.1) is 11.6 Å². The highest BCUT2D eigenvalue weighted by Crippen LogP contribution is 2.27. The van der Waals surface area contributed by atoms with E-state index in [9.17, 15) is 25.6 Å². The zero-order valence-electron chi connectivity index (χ0n) is 14.7. The lowest BCUT2D eigenvalue weighted by molar-refractivity contribution is 0.485. The van der Waals surface area contributed by atoms with Crippen LogP contribution in [0.3, 0.4) is 0 Å². The molecule has 0 radical (unpaired) electrons. The Labute approximate surface area is 160 Å². The quantitative estimate of drug-likeness (QED) is 0.737. The average molecular weight is 443 g/mol. The normalized spacial score (nSPS) is 13.0. The predicted octanol–water partition coefficient (Wildman–Crippen LogP) is 2.23. The van der Waals surface area contributed by atoms with Gasteiger partial charge in [-0.15, -0.1) is 0 Å². The third-order valence-electron chi connectivity index (χ3n) is 3.08. The van der Waals surface area contributed by atoms with Crippen molar-refractivity contribution in [1.29, 1.82) is 0 Å². The third-order valence-corrected chi connectivity index (χ3v) is 6.71. The Balaban J connectivity index is 2.52. The van der Waals surface area contributed by atoms with Gasteiger partial charge in [-0.1, -0.05) is 11.6 Å². The number of halogens is 3. The van der Waals surface area contributed by atoms with Gasteiger partial charge in [0.2, 0.25) is 15.0 Å². The van der Waals surface area contributed by atoms with Gasteiger partial charge in [0.1, 0.15) is 21.7 Å². The fourth-order valence-electron chi connectivity index (χ4n) is 2.04. The lowest BCUT2D eigenvalue weighted by Crippen LogP contribution is -2.40. The highest BCUT2D eigenvalue weighted by Gasteiger charge is 2.29. The minimum Gasteiger partial charge on any atom is -0.324 e. The van der Waals surface area contributed by atoms with Crippen LogP contribution in [0.2, 0.25) is 5.15 Å². The summed E-state index contributed by atoms with van der Waals surface area (Å²) in [5, 5.41) is -0.833. The van der Waals surface area contributed by atoms with E-state index in [1.165, 1.54) is 32.4 Å². The standard InChI is InChI=1S/C14H17ClF2N4O4S2/c1-14(2,3)20-26(22,23)11-6-10(8(16)5-9(11)17)19-27(24,25)13-12(15)21(4)7-18-13/h5-7,19-20H,1-4H3. The third kappa shape index (κ3) is 4.75. The molecule has 1 aromatic heterocycles. The van der Waals surface area contributed by atoms with Crippen LogP contribution in [0.1, 0.15) is 20.8 Å². The van der Waals surface area contributed by atoms with E-state index in [-0.39, 0.29) is 11.2 Å². The van der Waals surface area contributed by atoms with Gasteiger partial charge in [-0.25, -0.2) is 26.9 Å². The largest absolute Gasteiger partial charge is 0.324 e. The van der Waals surface area contributed by atoms with Crippen molar-refractivity contribution in [1.82, 2.24) is 14.3 Å². The van der Waals surface area contributed by atoms with E-state index < -0.39 is 52.8 Å². The maximum atomic E-state index is 14.1. The maximum Gasteiger partial charge on any atom is 0.282 e. The smallest absolute Gasteiger partial charge is 0.282 e. The monoisotopic (exact) mass is 442 g/mol. The predicted molar refractivity (Wildman–Crippen MR) is 95.5 cm³/mol. The van der Waals surface area contributed by atoms with Gasteiger partial charge in [-0.2, -0.15) is 8.42 Å². The van der Waals surface area contributed by atoms with Gasteiger partial charge in [-0.3, -0.25) is 4.72 Å². The Morgan fingerprint density at radius 3 is 2.15 bits per heavy atom. The summed E-state index contributed by atoms with van der Waals surface area (Å²) in [6.45, 7) is 4.58. The number of aryl methyl sites for hydroxylation is 1. The van der Waals surface area contributed by atoms with Crippen molar-refractivity contribution in [3.63, 3.8) is 0 Å². The van der Waals surface area contributed by atoms with Crippen LogP contribution in [0.4, 0.5) is 14.5 Å². The first-order valence-electron chi connectivity index (χ1n) is 7.37. The lowest BCUT2D eigenvalue weighted by Gasteiger charge is -2.21. The number of aromatic nitrogens is 2. The molecule has 0 aliphatic heterocycles. The van der Waals surface area contributed by atoms with Crippen molar-refractivity contribution in [3.8, 4) is 0 Å². The van der Waals surface area contributed by atoms with Gasteiger partial charge >= 0.3 is 0 Å². The molecule has 2 rings (SSSR count). The molecule has 8 nitrogen and oxygen atoms in total. The molecule has 0 aliphatic carbocycles. The molecule has 0 unspecified atom stereocenters. The fraction of sp³-hybridized carbons (Fsp3) is 0.357. The fourth-order valence-corrected chi connectivity index (χ4v) is 5.03. The van der Waals surface area contributed by atoms with Crippen molar-refractivity contribution in [2.24, 2.45) is 7.05 Å². The van der Waals surface area contributed by atoms with Gasteiger partial charge < -0.3 is 4.57 Å². The summed E-state index contributed by atoms with van der Waals surface area (Å²) in [6.07, 6.45) is 1.13. The lowest BCUT2D eigenvalue weighted by atomic mass is 10.1. The summed E-state index contributed by atoms with van der Waals surface area (Å²) in [6, 6.07) is 0.822. The topological polar surface area (TPSA) is 110 Å².